The Morgan fingerprint density at radius 1 is 1.00 bits per heavy atom. The number of fused-ring (bicyclic) bond motifs is 2. The van der Waals surface area contributed by atoms with Gasteiger partial charge in [0.05, 0.1) is 0 Å². The molecule has 0 radical (unpaired) electrons. The SMILES string of the molecule is S=C(NN=C1CCCCC1)NC1C2CCC1CC2. The van der Waals surface area contributed by atoms with Crippen molar-refractivity contribution in [3.05, 3.63) is 0 Å². The van der Waals surface area contributed by atoms with E-state index in [0.717, 1.165) is 29.8 Å². The van der Waals surface area contributed by atoms with Crippen LogP contribution < -0.4 is 10.7 Å². The second-order valence-corrected chi connectivity index (χ2v) is 6.43. The average Bonchev–Trinajstić information content (AvgIpc) is 2.97. The quantitative estimate of drug-likeness (QED) is 0.595. The fraction of sp³-hybridized carbons (Fsp3) is 0.857. The van der Waals surface area contributed by atoms with Gasteiger partial charge in [0.25, 0.3) is 0 Å². The molecule has 2 bridgehead atoms. The molecule has 100 valence electrons. The zero-order chi connectivity index (χ0) is 12.4. The van der Waals surface area contributed by atoms with Crippen molar-refractivity contribution in [1.82, 2.24) is 10.7 Å². The van der Waals surface area contributed by atoms with E-state index in [1.807, 2.05) is 0 Å². The summed E-state index contributed by atoms with van der Waals surface area (Å²) in [6.07, 6.45) is 11.8. The van der Waals surface area contributed by atoms with Crippen molar-refractivity contribution in [2.24, 2.45) is 16.9 Å². The summed E-state index contributed by atoms with van der Waals surface area (Å²) in [4.78, 5) is 0. The van der Waals surface area contributed by atoms with Crippen LogP contribution in [0.3, 0.4) is 0 Å². The van der Waals surface area contributed by atoms with E-state index in [1.54, 1.807) is 0 Å². The maximum atomic E-state index is 5.36. The highest BCUT2D eigenvalue weighted by Gasteiger charge is 2.41. The molecule has 18 heavy (non-hydrogen) atoms. The minimum absolute atomic E-state index is 0.622. The molecule has 0 amide bonds. The van der Waals surface area contributed by atoms with E-state index in [-0.39, 0.29) is 0 Å². The number of hydrazone groups is 1. The Bertz CT molecular complexity index is 325. The molecule has 0 aromatic carbocycles. The minimum atomic E-state index is 0.622. The van der Waals surface area contributed by atoms with E-state index in [0.29, 0.717) is 6.04 Å². The molecule has 0 saturated heterocycles. The third-order valence-electron chi connectivity index (χ3n) is 4.88. The highest BCUT2D eigenvalue weighted by atomic mass is 32.1. The predicted octanol–water partition coefficient (Wildman–Crippen LogP) is 2.96. The molecule has 0 unspecified atom stereocenters. The Morgan fingerprint density at radius 3 is 2.22 bits per heavy atom. The molecule has 0 aromatic heterocycles. The first-order chi connectivity index (χ1) is 8.83. The van der Waals surface area contributed by atoms with Crippen molar-refractivity contribution in [2.75, 3.05) is 0 Å². The summed E-state index contributed by atoms with van der Waals surface area (Å²) in [5, 5.41) is 8.69. The molecule has 3 fully saturated rings. The molecule has 3 nitrogen and oxygen atoms in total. The van der Waals surface area contributed by atoms with E-state index < -0.39 is 0 Å². The van der Waals surface area contributed by atoms with Gasteiger partial charge in [0, 0.05) is 11.8 Å². The van der Waals surface area contributed by atoms with Gasteiger partial charge in [-0.3, -0.25) is 5.43 Å². The van der Waals surface area contributed by atoms with Gasteiger partial charge in [-0.15, -0.1) is 0 Å². The number of hydrogen-bond donors (Lipinski definition) is 2. The van der Waals surface area contributed by atoms with Gasteiger partial charge in [0.1, 0.15) is 0 Å². The number of nitrogens with one attached hydrogen (secondary N) is 2. The Balaban J connectivity index is 1.47. The van der Waals surface area contributed by atoms with Gasteiger partial charge in [0.15, 0.2) is 5.11 Å². The maximum Gasteiger partial charge on any atom is 0.187 e. The van der Waals surface area contributed by atoms with Crippen LogP contribution >= 0.6 is 12.2 Å². The van der Waals surface area contributed by atoms with Gasteiger partial charge in [0.2, 0.25) is 0 Å². The largest absolute Gasteiger partial charge is 0.358 e. The molecule has 0 heterocycles. The monoisotopic (exact) mass is 265 g/mol. The Hall–Kier alpha value is -0.640. The lowest BCUT2D eigenvalue weighted by atomic mass is 9.99. The van der Waals surface area contributed by atoms with Crippen LogP contribution in [0.25, 0.3) is 0 Å². The highest BCUT2D eigenvalue weighted by molar-refractivity contribution is 7.80. The van der Waals surface area contributed by atoms with Crippen LogP contribution in [0.1, 0.15) is 57.8 Å². The standard InChI is InChI=1S/C14H23N3S/c18-14(17-16-12-4-2-1-3-5-12)15-13-10-6-7-11(13)9-8-10/h10-11,13H,1-9H2,(H2,15,17,18). The van der Waals surface area contributed by atoms with Crippen LogP contribution in [0, 0.1) is 11.8 Å². The van der Waals surface area contributed by atoms with Crippen LogP contribution in [0.5, 0.6) is 0 Å². The van der Waals surface area contributed by atoms with Crippen LogP contribution in [-0.4, -0.2) is 16.9 Å². The topological polar surface area (TPSA) is 36.4 Å². The summed E-state index contributed by atoms with van der Waals surface area (Å²) in [7, 11) is 0. The van der Waals surface area contributed by atoms with Gasteiger partial charge in [-0.05, 0) is 75.4 Å². The highest BCUT2D eigenvalue weighted by Crippen LogP contribution is 2.44. The van der Waals surface area contributed by atoms with Crippen molar-refractivity contribution < 1.29 is 0 Å². The molecule has 2 N–H and O–H groups in total. The Labute approximate surface area is 115 Å². The normalized spacial score (nSPS) is 34.4. The molecule has 0 atom stereocenters. The van der Waals surface area contributed by atoms with Crippen molar-refractivity contribution in [3.63, 3.8) is 0 Å². The summed E-state index contributed by atoms with van der Waals surface area (Å²) in [6.45, 7) is 0. The van der Waals surface area contributed by atoms with Crippen LogP contribution in [0.15, 0.2) is 5.10 Å². The van der Waals surface area contributed by atoms with Crippen LogP contribution in [0.2, 0.25) is 0 Å². The Kier molecular flexibility index (Phi) is 3.83. The van der Waals surface area contributed by atoms with Crippen LogP contribution in [-0.2, 0) is 0 Å². The Morgan fingerprint density at radius 2 is 1.61 bits per heavy atom. The first kappa shape index (κ1) is 12.4. The molecule has 4 heteroatoms. The van der Waals surface area contributed by atoms with E-state index in [2.05, 4.69) is 15.8 Å². The molecule has 3 rings (SSSR count). The maximum absolute atomic E-state index is 5.36. The van der Waals surface area contributed by atoms with E-state index in [9.17, 15) is 0 Å². The molecule has 0 aromatic rings. The molecule has 0 spiro atoms. The van der Waals surface area contributed by atoms with Crippen LogP contribution in [0.4, 0.5) is 0 Å². The summed E-state index contributed by atoms with van der Waals surface area (Å²) in [5.74, 6) is 1.72. The molecular weight excluding hydrogens is 242 g/mol. The average molecular weight is 265 g/mol. The van der Waals surface area contributed by atoms with Gasteiger partial charge in [-0.1, -0.05) is 6.42 Å². The molecule has 3 aliphatic carbocycles. The molecule has 3 aliphatic rings. The fourth-order valence-corrected chi connectivity index (χ4v) is 4.05. The third-order valence-corrected chi connectivity index (χ3v) is 5.09. The first-order valence-corrected chi connectivity index (χ1v) is 7.86. The van der Waals surface area contributed by atoms with Crippen molar-refractivity contribution in [1.29, 1.82) is 0 Å². The molecule has 0 aliphatic heterocycles. The lowest BCUT2D eigenvalue weighted by Crippen LogP contribution is -2.42. The number of thiocarbonyl (C=S) groups is 1. The van der Waals surface area contributed by atoms with Gasteiger partial charge >= 0.3 is 0 Å². The van der Waals surface area contributed by atoms with Crippen molar-refractivity contribution in [2.45, 2.75) is 63.8 Å². The first-order valence-electron chi connectivity index (χ1n) is 7.45. The number of hydrogen-bond acceptors (Lipinski definition) is 2. The second-order valence-electron chi connectivity index (χ2n) is 6.02. The number of nitrogens with zero attached hydrogens (tertiary/aromatic N) is 1. The smallest absolute Gasteiger partial charge is 0.187 e. The van der Waals surface area contributed by atoms with E-state index >= 15 is 0 Å². The fourth-order valence-electron chi connectivity index (χ4n) is 3.87. The zero-order valence-corrected chi connectivity index (χ0v) is 11.8. The lowest BCUT2D eigenvalue weighted by molar-refractivity contribution is 0.479. The predicted molar refractivity (Wildman–Crippen MR) is 78.6 cm³/mol. The van der Waals surface area contributed by atoms with Crippen molar-refractivity contribution >= 4 is 23.0 Å². The molecular formula is C14H23N3S. The summed E-state index contributed by atoms with van der Waals surface area (Å²) in [5.41, 5.74) is 4.35. The zero-order valence-electron chi connectivity index (χ0n) is 11.0. The number of rotatable bonds is 2. The van der Waals surface area contributed by atoms with E-state index in [4.69, 9.17) is 12.2 Å². The molecule has 3 saturated carbocycles. The minimum Gasteiger partial charge on any atom is -0.358 e. The van der Waals surface area contributed by atoms with Gasteiger partial charge in [-0.25, -0.2) is 0 Å². The van der Waals surface area contributed by atoms with Crippen molar-refractivity contribution in [3.8, 4) is 0 Å². The third kappa shape index (κ3) is 2.68. The second kappa shape index (κ2) is 5.55. The summed E-state index contributed by atoms with van der Waals surface area (Å²) in [6, 6.07) is 0.622. The van der Waals surface area contributed by atoms with Gasteiger partial charge in [-0.2, -0.15) is 5.10 Å². The summed E-state index contributed by atoms with van der Waals surface area (Å²) < 4.78 is 0. The summed E-state index contributed by atoms with van der Waals surface area (Å²) >= 11 is 5.36. The lowest BCUT2D eigenvalue weighted by Gasteiger charge is -2.19. The van der Waals surface area contributed by atoms with E-state index in [1.165, 1.54) is 50.7 Å². The van der Waals surface area contributed by atoms with Gasteiger partial charge < -0.3 is 5.32 Å².